The second-order valence-corrected chi connectivity index (χ2v) is 7.09. The molecule has 3 rings (SSSR count). The zero-order valence-corrected chi connectivity index (χ0v) is 17.4. The van der Waals surface area contributed by atoms with E-state index >= 15 is 0 Å². The summed E-state index contributed by atoms with van der Waals surface area (Å²) in [5, 5.41) is 5.07. The van der Waals surface area contributed by atoms with Crippen LogP contribution in [-0.4, -0.2) is 23.5 Å². The minimum absolute atomic E-state index is 0.0230. The van der Waals surface area contributed by atoms with E-state index in [0.29, 0.717) is 35.3 Å². The molecule has 150 valence electrons. The molecule has 0 saturated carbocycles. The summed E-state index contributed by atoms with van der Waals surface area (Å²) in [6.45, 7) is 4.57. The second-order valence-electron chi connectivity index (χ2n) is 6.27. The van der Waals surface area contributed by atoms with Crippen molar-refractivity contribution in [3.8, 4) is 11.5 Å². The molecule has 1 heterocycles. The van der Waals surface area contributed by atoms with Crippen molar-refractivity contribution >= 4 is 46.8 Å². The van der Waals surface area contributed by atoms with Crippen LogP contribution in [0.3, 0.4) is 0 Å². The first kappa shape index (κ1) is 20.8. The highest BCUT2D eigenvalue weighted by atomic mass is 35.5. The standard InChI is InChI=1S/C21H19ClN2O4S/c1-3-27-17-10-13(8-15-19(25)23-21(29)24-20(15)26)9-16(22)18(17)28-11-14-7-5-4-6-12(14)2/h4-10H,3,11H2,1-2H3,(H2,23,24,25,26,29). The van der Waals surface area contributed by atoms with Gasteiger partial charge in [-0.2, -0.15) is 0 Å². The molecule has 0 atom stereocenters. The van der Waals surface area contributed by atoms with E-state index in [9.17, 15) is 9.59 Å². The molecule has 2 aromatic rings. The van der Waals surface area contributed by atoms with E-state index in [4.69, 9.17) is 33.3 Å². The van der Waals surface area contributed by atoms with Gasteiger partial charge < -0.3 is 9.47 Å². The number of amides is 2. The average molecular weight is 431 g/mol. The average Bonchev–Trinajstić information content (AvgIpc) is 2.65. The highest BCUT2D eigenvalue weighted by Gasteiger charge is 2.26. The lowest BCUT2D eigenvalue weighted by molar-refractivity contribution is -0.123. The van der Waals surface area contributed by atoms with Crippen LogP contribution in [0.2, 0.25) is 5.02 Å². The van der Waals surface area contributed by atoms with E-state index in [0.717, 1.165) is 11.1 Å². The lowest BCUT2D eigenvalue weighted by Crippen LogP contribution is -2.51. The van der Waals surface area contributed by atoms with Gasteiger partial charge >= 0.3 is 0 Å². The van der Waals surface area contributed by atoms with Crippen molar-refractivity contribution in [3.05, 3.63) is 63.7 Å². The van der Waals surface area contributed by atoms with Gasteiger partial charge in [0.25, 0.3) is 11.8 Å². The molecule has 2 N–H and O–H groups in total. The monoisotopic (exact) mass is 430 g/mol. The highest BCUT2D eigenvalue weighted by molar-refractivity contribution is 7.80. The SMILES string of the molecule is CCOc1cc(C=C2C(=O)NC(=S)NC2=O)cc(Cl)c1OCc1ccccc1C. The number of hydrogen-bond donors (Lipinski definition) is 2. The Morgan fingerprint density at radius 3 is 2.45 bits per heavy atom. The molecule has 1 aliphatic rings. The van der Waals surface area contributed by atoms with Gasteiger partial charge in [-0.15, -0.1) is 0 Å². The van der Waals surface area contributed by atoms with Gasteiger partial charge in [-0.25, -0.2) is 0 Å². The predicted molar refractivity (Wildman–Crippen MR) is 115 cm³/mol. The van der Waals surface area contributed by atoms with Gasteiger partial charge in [0.05, 0.1) is 11.6 Å². The fourth-order valence-corrected chi connectivity index (χ4v) is 3.23. The van der Waals surface area contributed by atoms with Gasteiger partial charge in [-0.05, 0) is 61.0 Å². The number of carbonyl (C=O) groups excluding carboxylic acids is 2. The number of ether oxygens (including phenoxy) is 2. The van der Waals surface area contributed by atoms with Gasteiger partial charge in [0.2, 0.25) is 0 Å². The number of carbonyl (C=O) groups is 2. The summed E-state index contributed by atoms with van der Waals surface area (Å²) in [6.07, 6.45) is 1.42. The minimum Gasteiger partial charge on any atom is -0.490 e. The van der Waals surface area contributed by atoms with Gasteiger partial charge in [0, 0.05) is 0 Å². The van der Waals surface area contributed by atoms with Gasteiger partial charge in [0.1, 0.15) is 12.2 Å². The van der Waals surface area contributed by atoms with Gasteiger partial charge in [0.15, 0.2) is 16.6 Å². The first-order valence-corrected chi connectivity index (χ1v) is 9.69. The molecule has 0 unspecified atom stereocenters. The van der Waals surface area contributed by atoms with Crippen LogP contribution in [0, 0.1) is 6.92 Å². The van der Waals surface area contributed by atoms with Crippen molar-refractivity contribution in [2.45, 2.75) is 20.5 Å². The van der Waals surface area contributed by atoms with Gasteiger partial charge in [-0.3, -0.25) is 20.2 Å². The number of hydrogen-bond acceptors (Lipinski definition) is 5. The van der Waals surface area contributed by atoms with E-state index in [2.05, 4.69) is 10.6 Å². The van der Waals surface area contributed by atoms with E-state index in [1.54, 1.807) is 12.1 Å². The first-order chi connectivity index (χ1) is 13.9. The number of rotatable bonds is 6. The molecular formula is C21H19ClN2O4S. The maximum atomic E-state index is 12.1. The molecule has 29 heavy (non-hydrogen) atoms. The quantitative estimate of drug-likeness (QED) is 0.416. The molecule has 1 aliphatic heterocycles. The van der Waals surface area contributed by atoms with Crippen LogP contribution in [0.25, 0.3) is 6.08 Å². The number of benzene rings is 2. The number of thiocarbonyl (C=S) groups is 1. The Balaban J connectivity index is 1.91. The van der Waals surface area contributed by atoms with Crippen molar-refractivity contribution < 1.29 is 19.1 Å². The first-order valence-electron chi connectivity index (χ1n) is 8.91. The molecule has 0 aliphatic carbocycles. The molecule has 8 heteroatoms. The molecule has 6 nitrogen and oxygen atoms in total. The Morgan fingerprint density at radius 2 is 1.79 bits per heavy atom. The second kappa shape index (κ2) is 9.07. The zero-order valence-electron chi connectivity index (χ0n) is 15.9. The third-order valence-electron chi connectivity index (χ3n) is 4.22. The van der Waals surface area contributed by atoms with Crippen LogP contribution in [0.5, 0.6) is 11.5 Å². The Kier molecular flexibility index (Phi) is 6.51. The van der Waals surface area contributed by atoms with Crippen molar-refractivity contribution in [1.29, 1.82) is 0 Å². The Labute approximate surface area is 178 Å². The molecule has 0 aromatic heterocycles. The molecule has 2 amide bonds. The third-order valence-corrected chi connectivity index (χ3v) is 4.70. The maximum Gasteiger partial charge on any atom is 0.263 e. The molecule has 1 saturated heterocycles. The van der Waals surface area contributed by atoms with E-state index < -0.39 is 11.8 Å². The summed E-state index contributed by atoms with van der Waals surface area (Å²) >= 11 is 11.2. The Bertz CT molecular complexity index is 998. The number of halogens is 1. The van der Waals surface area contributed by atoms with Crippen LogP contribution in [0.15, 0.2) is 42.0 Å². The van der Waals surface area contributed by atoms with Crippen LogP contribution >= 0.6 is 23.8 Å². The van der Waals surface area contributed by atoms with Crippen molar-refractivity contribution in [2.75, 3.05) is 6.61 Å². The lowest BCUT2D eigenvalue weighted by atomic mass is 10.1. The summed E-state index contributed by atoms with van der Waals surface area (Å²) in [5.41, 5.74) is 2.58. The maximum absolute atomic E-state index is 12.1. The van der Waals surface area contributed by atoms with E-state index in [-0.39, 0.29) is 10.7 Å². The smallest absolute Gasteiger partial charge is 0.263 e. The largest absolute Gasteiger partial charge is 0.490 e. The molecular weight excluding hydrogens is 412 g/mol. The molecule has 2 aromatic carbocycles. The van der Waals surface area contributed by atoms with Crippen LogP contribution < -0.4 is 20.1 Å². The van der Waals surface area contributed by atoms with Crippen LogP contribution in [0.4, 0.5) is 0 Å². The van der Waals surface area contributed by atoms with Crippen molar-refractivity contribution in [3.63, 3.8) is 0 Å². The topological polar surface area (TPSA) is 76.7 Å². The molecule has 0 bridgehead atoms. The highest BCUT2D eigenvalue weighted by Crippen LogP contribution is 2.38. The fourth-order valence-electron chi connectivity index (χ4n) is 2.77. The molecule has 1 fully saturated rings. The summed E-state index contributed by atoms with van der Waals surface area (Å²) in [7, 11) is 0. The summed E-state index contributed by atoms with van der Waals surface area (Å²) in [5.74, 6) is -0.328. The Morgan fingerprint density at radius 1 is 1.10 bits per heavy atom. The van der Waals surface area contributed by atoms with E-state index in [1.165, 1.54) is 6.08 Å². The van der Waals surface area contributed by atoms with Crippen molar-refractivity contribution in [1.82, 2.24) is 10.6 Å². The fraction of sp³-hybridized carbons (Fsp3) is 0.190. The number of nitrogens with one attached hydrogen (secondary N) is 2. The van der Waals surface area contributed by atoms with Crippen LogP contribution in [-0.2, 0) is 16.2 Å². The molecule has 0 radical (unpaired) electrons. The van der Waals surface area contributed by atoms with Gasteiger partial charge in [-0.1, -0.05) is 35.9 Å². The molecule has 0 spiro atoms. The normalized spacial score (nSPS) is 13.6. The predicted octanol–water partition coefficient (Wildman–Crippen LogP) is 3.54. The third kappa shape index (κ3) is 4.93. The lowest BCUT2D eigenvalue weighted by Gasteiger charge is -2.17. The van der Waals surface area contributed by atoms with Crippen molar-refractivity contribution in [2.24, 2.45) is 0 Å². The summed E-state index contributed by atoms with van der Waals surface area (Å²) < 4.78 is 11.6. The summed E-state index contributed by atoms with van der Waals surface area (Å²) in [6, 6.07) is 11.2. The number of aryl methyl sites for hydroxylation is 1. The zero-order chi connectivity index (χ0) is 21.0. The van der Waals surface area contributed by atoms with E-state index in [1.807, 2.05) is 38.1 Å². The summed E-state index contributed by atoms with van der Waals surface area (Å²) in [4.78, 5) is 24.1. The Hall–Kier alpha value is -2.90. The van der Waals surface area contributed by atoms with Crippen LogP contribution in [0.1, 0.15) is 23.6 Å². The minimum atomic E-state index is -0.576.